The monoisotopic (exact) mass is 384 g/mol. The molecule has 0 saturated heterocycles. The Bertz CT molecular complexity index is 642. The van der Waals surface area contributed by atoms with E-state index in [1.807, 2.05) is 40.8 Å². The lowest BCUT2D eigenvalue weighted by Gasteiger charge is -2.20. The average molecular weight is 384 g/mol. The molecule has 20 heavy (non-hydrogen) atoms. The second kappa shape index (κ2) is 5.69. The van der Waals surface area contributed by atoms with Gasteiger partial charge < -0.3 is 9.84 Å². The third kappa shape index (κ3) is 2.67. The van der Waals surface area contributed by atoms with E-state index in [1.165, 1.54) is 12.1 Å². The van der Waals surface area contributed by atoms with Crippen LogP contribution in [0.2, 0.25) is 0 Å². The van der Waals surface area contributed by atoms with Crippen LogP contribution < -0.4 is 4.74 Å². The van der Waals surface area contributed by atoms with Crippen LogP contribution in [0.15, 0.2) is 36.4 Å². The van der Waals surface area contributed by atoms with Crippen molar-refractivity contribution in [2.24, 2.45) is 0 Å². The molecule has 2 nitrogen and oxygen atoms in total. The van der Waals surface area contributed by atoms with Crippen molar-refractivity contribution in [3.8, 4) is 5.75 Å². The lowest BCUT2D eigenvalue weighted by atomic mass is 9.97. The number of rotatable bonds is 2. The fourth-order valence-corrected chi connectivity index (χ4v) is 3.23. The fourth-order valence-electron chi connectivity index (χ4n) is 2.45. The van der Waals surface area contributed by atoms with E-state index >= 15 is 0 Å². The lowest BCUT2D eigenvalue weighted by molar-refractivity contribution is 0.218. The van der Waals surface area contributed by atoms with Gasteiger partial charge in [0.25, 0.3) is 0 Å². The number of ether oxygens (including phenoxy) is 1. The van der Waals surface area contributed by atoms with Gasteiger partial charge >= 0.3 is 0 Å². The molecule has 0 aliphatic carbocycles. The topological polar surface area (TPSA) is 29.5 Å². The minimum Gasteiger partial charge on any atom is -0.493 e. The minimum absolute atomic E-state index is 0.288. The second-order valence-corrected chi connectivity index (χ2v) is 6.05. The van der Waals surface area contributed by atoms with E-state index in [4.69, 9.17) is 4.74 Å². The first-order valence-electron chi connectivity index (χ1n) is 6.54. The largest absolute Gasteiger partial charge is 0.493 e. The number of halogens is 2. The van der Waals surface area contributed by atoms with Crippen LogP contribution in [0.4, 0.5) is 4.39 Å². The summed E-state index contributed by atoms with van der Waals surface area (Å²) in [5.74, 6) is 0.616. The molecule has 0 spiro atoms. The maximum Gasteiger partial charge on any atom is 0.124 e. The normalized spacial score (nSPS) is 15.3. The van der Waals surface area contributed by atoms with Crippen molar-refractivity contribution in [1.29, 1.82) is 0 Å². The molecule has 1 aliphatic heterocycles. The van der Waals surface area contributed by atoms with Gasteiger partial charge in [0.05, 0.1) is 6.61 Å². The van der Waals surface area contributed by atoms with E-state index in [2.05, 4.69) is 0 Å². The molecule has 3 rings (SSSR count). The first kappa shape index (κ1) is 13.8. The maximum absolute atomic E-state index is 13.1. The van der Waals surface area contributed by atoms with Crippen molar-refractivity contribution < 1.29 is 14.2 Å². The van der Waals surface area contributed by atoms with E-state index in [9.17, 15) is 9.50 Å². The smallest absolute Gasteiger partial charge is 0.124 e. The first-order chi connectivity index (χ1) is 9.65. The molecule has 1 atom stereocenters. The standard InChI is InChI=1S/C16H14FIO2/c17-12-4-5-13(14(18)9-12)16(19)11-3-6-15-10(8-11)2-1-7-20-15/h3-6,8-9,16,19H,1-2,7H2. The summed E-state index contributed by atoms with van der Waals surface area (Å²) in [5, 5.41) is 10.5. The Morgan fingerprint density at radius 2 is 2.05 bits per heavy atom. The zero-order valence-electron chi connectivity index (χ0n) is 10.8. The Balaban J connectivity index is 1.95. The molecular formula is C16H14FIO2. The molecule has 1 heterocycles. The molecule has 1 unspecified atom stereocenters. The first-order valence-corrected chi connectivity index (χ1v) is 7.61. The predicted molar refractivity (Wildman–Crippen MR) is 83.4 cm³/mol. The molecule has 1 aliphatic rings. The highest BCUT2D eigenvalue weighted by Gasteiger charge is 2.17. The Morgan fingerprint density at radius 1 is 1.20 bits per heavy atom. The van der Waals surface area contributed by atoms with E-state index in [1.54, 1.807) is 6.07 Å². The quantitative estimate of drug-likeness (QED) is 0.798. The Morgan fingerprint density at radius 3 is 2.85 bits per heavy atom. The molecule has 0 amide bonds. The van der Waals surface area contributed by atoms with E-state index in [0.29, 0.717) is 0 Å². The van der Waals surface area contributed by atoms with Gasteiger partial charge in [-0.15, -0.1) is 0 Å². The van der Waals surface area contributed by atoms with Crippen LogP contribution in [0.5, 0.6) is 5.75 Å². The van der Waals surface area contributed by atoms with Gasteiger partial charge in [-0.1, -0.05) is 12.1 Å². The molecule has 0 saturated carbocycles. The van der Waals surface area contributed by atoms with E-state index in [0.717, 1.165) is 45.5 Å². The van der Waals surface area contributed by atoms with Crippen molar-refractivity contribution in [1.82, 2.24) is 0 Å². The fraction of sp³-hybridized carbons (Fsp3) is 0.250. The molecule has 2 aromatic rings. The second-order valence-electron chi connectivity index (χ2n) is 4.89. The number of benzene rings is 2. The summed E-state index contributed by atoms with van der Waals surface area (Å²) < 4.78 is 19.4. The van der Waals surface area contributed by atoms with Crippen LogP contribution in [-0.4, -0.2) is 11.7 Å². The van der Waals surface area contributed by atoms with Crippen LogP contribution in [-0.2, 0) is 6.42 Å². The Labute approximate surface area is 130 Å². The number of hydrogen-bond donors (Lipinski definition) is 1. The summed E-state index contributed by atoms with van der Waals surface area (Å²) >= 11 is 2.05. The number of aryl methyl sites for hydroxylation is 1. The van der Waals surface area contributed by atoms with Crippen LogP contribution in [0.25, 0.3) is 0 Å². The molecule has 4 heteroatoms. The molecule has 0 bridgehead atoms. The van der Waals surface area contributed by atoms with Gasteiger partial charge in [-0.3, -0.25) is 0 Å². The van der Waals surface area contributed by atoms with Gasteiger partial charge in [-0.25, -0.2) is 4.39 Å². The number of aliphatic hydroxyl groups excluding tert-OH is 1. The number of aliphatic hydroxyl groups is 1. The highest BCUT2D eigenvalue weighted by Crippen LogP contribution is 2.31. The molecule has 0 radical (unpaired) electrons. The summed E-state index contributed by atoms with van der Waals surface area (Å²) in [5.41, 5.74) is 2.67. The molecule has 0 aromatic heterocycles. The van der Waals surface area contributed by atoms with Gasteiger partial charge in [0.15, 0.2) is 0 Å². The molecule has 1 N–H and O–H groups in total. The SMILES string of the molecule is OC(c1ccc2c(c1)CCCO2)c1ccc(F)cc1I. The number of hydrogen-bond acceptors (Lipinski definition) is 2. The van der Waals surface area contributed by atoms with Crippen molar-refractivity contribution in [3.05, 3.63) is 62.5 Å². The van der Waals surface area contributed by atoms with Crippen molar-refractivity contribution in [2.45, 2.75) is 18.9 Å². The highest BCUT2D eigenvalue weighted by atomic mass is 127. The van der Waals surface area contributed by atoms with Gasteiger partial charge in [-0.05, 0) is 76.4 Å². The third-order valence-electron chi connectivity index (χ3n) is 3.51. The van der Waals surface area contributed by atoms with Crippen LogP contribution >= 0.6 is 22.6 Å². The number of fused-ring (bicyclic) bond motifs is 1. The van der Waals surface area contributed by atoms with Gasteiger partial charge in [0.2, 0.25) is 0 Å². The summed E-state index contributed by atoms with van der Waals surface area (Å²) in [4.78, 5) is 0. The molecule has 104 valence electrons. The zero-order chi connectivity index (χ0) is 14.1. The zero-order valence-corrected chi connectivity index (χ0v) is 12.9. The maximum atomic E-state index is 13.1. The van der Waals surface area contributed by atoms with E-state index in [-0.39, 0.29) is 5.82 Å². The molecular weight excluding hydrogens is 370 g/mol. The van der Waals surface area contributed by atoms with Crippen LogP contribution in [0, 0.1) is 9.39 Å². The molecule has 2 aromatic carbocycles. The van der Waals surface area contributed by atoms with Gasteiger partial charge in [0, 0.05) is 3.57 Å². The molecule has 0 fully saturated rings. The highest BCUT2D eigenvalue weighted by molar-refractivity contribution is 14.1. The summed E-state index contributed by atoms with van der Waals surface area (Å²) in [7, 11) is 0. The predicted octanol–water partition coefficient (Wildman–Crippen LogP) is 3.84. The average Bonchev–Trinajstić information content (AvgIpc) is 2.46. The van der Waals surface area contributed by atoms with Crippen molar-refractivity contribution in [3.63, 3.8) is 0 Å². The minimum atomic E-state index is -0.741. The summed E-state index contributed by atoms with van der Waals surface area (Å²) in [6.45, 7) is 0.755. The van der Waals surface area contributed by atoms with Gasteiger partial charge in [-0.2, -0.15) is 0 Å². The van der Waals surface area contributed by atoms with Crippen LogP contribution in [0.3, 0.4) is 0 Å². The lowest BCUT2D eigenvalue weighted by Crippen LogP contribution is -2.10. The van der Waals surface area contributed by atoms with Gasteiger partial charge in [0.1, 0.15) is 17.7 Å². The third-order valence-corrected chi connectivity index (χ3v) is 4.44. The van der Waals surface area contributed by atoms with Crippen molar-refractivity contribution >= 4 is 22.6 Å². The summed E-state index contributed by atoms with van der Waals surface area (Å²) in [6, 6.07) is 10.2. The Hall–Kier alpha value is -1.14. The van der Waals surface area contributed by atoms with Crippen molar-refractivity contribution in [2.75, 3.05) is 6.61 Å². The van der Waals surface area contributed by atoms with E-state index < -0.39 is 6.10 Å². The Kier molecular flexibility index (Phi) is 3.94. The summed E-state index contributed by atoms with van der Waals surface area (Å²) in [6.07, 6.45) is 1.23. The van der Waals surface area contributed by atoms with Crippen LogP contribution in [0.1, 0.15) is 29.2 Å².